The van der Waals surface area contributed by atoms with E-state index in [9.17, 15) is 19.5 Å². The van der Waals surface area contributed by atoms with Gasteiger partial charge in [-0.15, -0.1) is 0 Å². The van der Waals surface area contributed by atoms with Crippen molar-refractivity contribution in [2.75, 3.05) is 13.7 Å². The molecule has 0 radical (unpaired) electrons. The molecule has 7 heteroatoms. The minimum Gasteiger partial charge on any atom is -0.465 e. The van der Waals surface area contributed by atoms with Crippen molar-refractivity contribution in [2.24, 2.45) is 0 Å². The Balaban J connectivity index is 1.65. The molecule has 3 aromatic rings. The molecule has 0 spiro atoms. The SMILES string of the molecule is COC(=O)c1ccccc1[C@H](O)[C@H]1C=CC(=O)N1[C@@H](COC(=O)c1ccccc1)c1ccccc1. The van der Waals surface area contributed by atoms with E-state index in [1.165, 1.54) is 18.1 Å². The van der Waals surface area contributed by atoms with Crippen LogP contribution in [0, 0.1) is 0 Å². The molecule has 0 unspecified atom stereocenters. The van der Waals surface area contributed by atoms with Crippen molar-refractivity contribution in [3.63, 3.8) is 0 Å². The van der Waals surface area contributed by atoms with Crippen molar-refractivity contribution in [1.82, 2.24) is 4.90 Å². The lowest BCUT2D eigenvalue weighted by molar-refractivity contribution is -0.132. The third-order valence-corrected chi connectivity index (χ3v) is 5.92. The smallest absolute Gasteiger partial charge is 0.338 e. The van der Waals surface area contributed by atoms with E-state index in [1.807, 2.05) is 30.3 Å². The van der Waals surface area contributed by atoms with E-state index in [4.69, 9.17) is 9.47 Å². The molecule has 1 N–H and O–H groups in total. The molecule has 4 rings (SSSR count). The quantitative estimate of drug-likeness (QED) is 0.502. The van der Waals surface area contributed by atoms with Gasteiger partial charge in [0.1, 0.15) is 12.7 Å². The molecular formula is C28H25NO6. The number of amides is 1. The minimum absolute atomic E-state index is 0.118. The van der Waals surface area contributed by atoms with Gasteiger partial charge in [-0.25, -0.2) is 9.59 Å². The van der Waals surface area contributed by atoms with Gasteiger partial charge in [0.15, 0.2) is 0 Å². The van der Waals surface area contributed by atoms with E-state index in [0.29, 0.717) is 11.1 Å². The van der Waals surface area contributed by atoms with Crippen LogP contribution < -0.4 is 0 Å². The second kappa shape index (κ2) is 10.8. The second-order valence-electron chi connectivity index (χ2n) is 8.01. The summed E-state index contributed by atoms with van der Waals surface area (Å²) in [5, 5.41) is 11.3. The Bertz CT molecular complexity index is 1220. The van der Waals surface area contributed by atoms with Gasteiger partial charge in [0.2, 0.25) is 5.91 Å². The van der Waals surface area contributed by atoms with Crippen LogP contribution in [0.15, 0.2) is 97.1 Å². The first-order chi connectivity index (χ1) is 17.0. The van der Waals surface area contributed by atoms with Crippen LogP contribution in [-0.4, -0.2) is 47.6 Å². The van der Waals surface area contributed by atoms with Crippen molar-refractivity contribution in [2.45, 2.75) is 18.2 Å². The lowest BCUT2D eigenvalue weighted by Crippen LogP contribution is -2.43. The van der Waals surface area contributed by atoms with Gasteiger partial charge in [-0.2, -0.15) is 0 Å². The largest absolute Gasteiger partial charge is 0.465 e. The monoisotopic (exact) mass is 471 g/mol. The Hall–Kier alpha value is -4.23. The molecule has 7 nitrogen and oxygen atoms in total. The number of methoxy groups -OCH3 is 1. The summed E-state index contributed by atoms with van der Waals surface area (Å²) in [5.74, 6) is -1.44. The lowest BCUT2D eigenvalue weighted by Gasteiger charge is -2.36. The Labute approximate surface area is 203 Å². The van der Waals surface area contributed by atoms with Gasteiger partial charge in [-0.05, 0) is 29.3 Å². The fourth-order valence-electron chi connectivity index (χ4n) is 4.18. The van der Waals surface area contributed by atoms with Crippen LogP contribution in [0.2, 0.25) is 0 Å². The number of carbonyl (C=O) groups is 3. The average molecular weight is 472 g/mol. The number of hydrogen-bond acceptors (Lipinski definition) is 6. The summed E-state index contributed by atoms with van der Waals surface area (Å²) in [6, 6.07) is 22.8. The van der Waals surface area contributed by atoms with Crippen molar-refractivity contribution >= 4 is 17.8 Å². The molecule has 35 heavy (non-hydrogen) atoms. The fraction of sp³-hybridized carbons (Fsp3) is 0.179. The maximum atomic E-state index is 13.0. The number of nitrogens with zero attached hydrogens (tertiary/aromatic N) is 1. The van der Waals surface area contributed by atoms with E-state index in [0.717, 1.165) is 5.56 Å². The zero-order valence-corrected chi connectivity index (χ0v) is 19.1. The van der Waals surface area contributed by atoms with Gasteiger partial charge in [0.05, 0.1) is 30.3 Å². The van der Waals surface area contributed by atoms with Crippen LogP contribution >= 0.6 is 0 Å². The van der Waals surface area contributed by atoms with Crippen LogP contribution in [0.3, 0.4) is 0 Å². The highest BCUT2D eigenvalue weighted by Gasteiger charge is 2.39. The van der Waals surface area contributed by atoms with Crippen molar-refractivity contribution in [1.29, 1.82) is 0 Å². The predicted molar refractivity (Wildman–Crippen MR) is 128 cm³/mol. The summed E-state index contributed by atoms with van der Waals surface area (Å²) in [6.07, 6.45) is 1.75. The van der Waals surface area contributed by atoms with Gasteiger partial charge in [0.25, 0.3) is 0 Å². The molecule has 0 aliphatic carbocycles. The summed E-state index contributed by atoms with van der Waals surface area (Å²) in [5.41, 5.74) is 1.68. The third-order valence-electron chi connectivity index (χ3n) is 5.92. The van der Waals surface area contributed by atoms with Crippen molar-refractivity contribution in [3.8, 4) is 0 Å². The highest BCUT2D eigenvalue weighted by molar-refractivity contribution is 5.93. The number of benzene rings is 3. The van der Waals surface area contributed by atoms with Crippen LogP contribution in [0.5, 0.6) is 0 Å². The van der Waals surface area contributed by atoms with Crippen molar-refractivity contribution < 1.29 is 29.0 Å². The Morgan fingerprint density at radius 2 is 1.54 bits per heavy atom. The molecule has 1 aliphatic rings. The highest BCUT2D eigenvalue weighted by Crippen LogP contribution is 2.35. The molecule has 1 heterocycles. The summed E-state index contributed by atoms with van der Waals surface area (Å²) < 4.78 is 10.5. The molecule has 3 aromatic carbocycles. The molecule has 1 amide bonds. The molecule has 0 saturated carbocycles. The van der Waals surface area contributed by atoms with E-state index < -0.39 is 30.1 Å². The van der Waals surface area contributed by atoms with Gasteiger partial charge in [-0.1, -0.05) is 72.8 Å². The van der Waals surface area contributed by atoms with E-state index in [2.05, 4.69) is 0 Å². The van der Waals surface area contributed by atoms with Crippen LogP contribution in [0.1, 0.15) is 44.0 Å². The highest BCUT2D eigenvalue weighted by atomic mass is 16.5. The van der Waals surface area contributed by atoms with E-state index in [1.54, 1.807) is 60.7 Å². The maximum Gasteiger partial charge on any atom is 0.338 e. The fourth-order valence-corrected chi connectivity index (χ4v) is 4.18. The summed E-state index contributed by atoms with van der Waals surface area (Å²) in [7, 11) is 1.27. The van der Waals surface area contributed by atoms with Crippen LogP contribution in [0.25, 0.3) is 0 Å². The minimum atomic E-state index is -1.22. The number of aliphatic hydroxyl groups is 1. The average Bonchev–Trinajstić information content (AvgIpc) is 3.29. The zero-order valence-electron chi connectivity index (χ0n) is 19.1. The first-order valence-electron chi connectivity index (χ1n) is 11.1. The van der Waals surface area contributed by atoms with E-state index in [-0.39, 0.29) is 18.1 Å². The molecule has 0 bridgehead atoms. The molecule has 178 valence electrons. The zero-order chi connectivity index (χ0) is 24.8. The number of ether oxygens (including phenoxy) is 2. The maximum absolute atomic E-state index is 13.0. The summed E-state index contributed by atoms with van der Waals surface area (Å²) in [6.45, 7) is -0.118. The first-order valence-corrected chi connectivity index (χ1v) is 11.1. The number of aliphatic hydroxyl groups excluding tert-OH is 1. The predicted octanol–water partition coefficient (Wildman–Crippen LogP) is 3.87. The number of esters is 2. The van der Waals surface area contributed by atoms with Gasteiger partial charge in [-0.3, -0.25) is 4.79 Å². The Morgan fingerprint density at radius 1 is 0.914 bits per heavy atom. The Kier molecular flexibility index (Phi) is 7.38. The number of carbonyl (C=O) groups excluding carboxylic acids is 3. The normalized spacial score (nSPS) is 16.6. The van der Waals surface area contributed by atoms with E-state index >= 15 is 0 Å². The Morgan fingerprint density at radius 3 is 2.23 bits per heavy atom. The van der Waals surface area contributed by atoms with Gasteiger partial charge >= 0.3 is 11.9 Å². The first kappa shape index (κ1) is 23.9. The molecule has 0 aromatic heterocycles. The number of hydrogen-bond donors (Lipinski definition) is 1. The molecular weight excluding hydrogens is 446 g/mol. The summed E-state index contributed by atoms with van der Waals surface area (Å²) in [4.78, 5) is 39.4. The van der Waals surface area contributed by atoms with Crippen molar-refractivity contribution in [3.05, 3.63) is 119 Å². The third kappa shape index (κ3) is 5.15. The summed E-state index contributed by atoms with van der Waals surface area (Å²) >= 11 is 0. The van der Waals surface area contributed by atoms with Crippen LogP contribution in [0.4, 0.5) is 0 Å². The molecule has 3 atom stereocenters. The number of rotatable bonds is 8. The molecule has 0 saturated heterocycles. The van der Waals surface area contributed by atoms with Crippen LogP contribution in [-0.2, 0) is 14.3 Å². The molecule has 0 fully saturated rings. The van der Waals surface area contributed by atoms with Gasteiger partial charge in [0, 0.05) is 6.08 Å². The lowest BCUT2D eigenvalue weighted by atomic mass is 9.95. The second-order valence-corrected chi connectivity index (χ2v) is 8.01. The topological polar surface area (TPSA) is 93.1 Å². The van der Waals surface area contributed by atoms with Gasteiger partial charge < -0.3 is 19.5 Å². The standard InChI is InChI=1S/C28H25NO6/c1-34-28(33)22-15-9-8-14-21(22)26(31)23-16-17-25(30)29(23)24(19-10-4-2-5-11-19)18-35-27(32)20-12-6-3-7-13-20/h2-17,23-24,26,31H,18H2,1H3/t23-,24+,26+/m1/s1. The molecule has 1 aliphatic heterocycles.